The van der Waals surface area contributed by atoms with Crippen molar-refractivity contribution in [3.8, 4) is 0 Å². The Kier molecular flexibility index (Phi) is 8.13. The highest BCUT2D eigenvalue weighted by Gasteiger charge is 2.36. The van der Waals surface area contributed by atoms with Crippen molar-refractivity contribution in [3.05, 3.63) is 0 Å². The summed E-state index contributed by atoms with van der Waals surface area (Å²) in [6.07, 6.45) is 5.28. The maximum absolute atomic E-state index is 3.85. The molecule has 0 heterocycles. The van der Waals surface area contributed by atoms with E-state index in [-0.39, 0.29) is 0 Å². The van der Waals surface area contributed by atoms with Crippen LogP contribution in [-0.2, 0) is 0 Å². The fourth-order valence-corrected chi connectivity index (χ4v) is 3.98. The summed E-state index contributed by atoms with van der Waals surface area (Å²) in [6, 6.07) is 1.43. The molecule has 0 aromatic rings. The highest BCUT2D eigenvalue weighted by Crippen LogP contribution is 2.33. The first-order chi connectivity index (χ1) is 9.53. The van der Waals surface area contributed by atoms with Crippen LogP contribution < -0.4 is 5.32 Å². The normalized spacial score (nSPS) is 32.5. The molecule has 1 rings (SSSR count). The minimum atomic E-state index is 0.692. The van der Waals surface area contributed by atoms with Crippen molar-refractivity contribution in [1.29, 1.82) is 0 Å². The standard InChI is InChI=1S/C18H38N2/c1-7-10-19-17-12-15(5)11-16(6)18(17)20(9-3)13-14(4)8-2/h14-19H,7-13H2,1-6H3. The molecule has 0 spiro atoms. The molecule has 0 radical (unpaired) electrons. The maximum atomic E-state index is 3.85. The van der Waals surface area contributed by atoms with Gasteiger partial charge in [0.2, 0.25) is 0 Å². The van der Waals surface area contributed by atoms with E-state index in [0.717, 1.165) is 23.8 Å². The Morgan fingerprint density at radius 1 is 1.15 bits per heavy atom. The fourth-order valence-electron chi connectivity index (χ4n) is 3.98. The Balaban J connectivity index is 2.76. The zero-order chi connectivity index (χ0) is 15.1. The third-order valence-electron chi connectivity index (χ3n) is 5.15. The van der Waals surface area contributed by atoms with Gasteiger partial charge in [-0.3, -0.25) is 4.90 Å². The number of hydrogen-bond acceptors (Lipinski definition) is 2. The third kappa shape index (κ3) is 5.04. The Labute approximate surface area is 127 Å². The number of rotatable bonds is 8. The summed E-state index contributed by atoms with van der Waals surface area (Å²) in [7, 11) is 0. The van der Waals surface area contributed by atoms with Gasteiger partial charge in [0.05, 0.1) is 0 Å². The van der Waals surface area contributed by atoms with Gasteiger partial charge in [-0.15, -0.1) is 0 Å². The van der Waals surface area contributed by atoms with E-state index in [0.29, 0.717) is 6.04 Å². The predicted octanol–water partition coefficient (Wildman–Crippen LogP) is 4.16. The van der Waals surface area contributed by atoms with Gasteiger partial charge in [-0.2, -0.15) is 0 Å². The summed E-state index contributed by atoms with van der Waals surface area (Å²) in [5.74, 6) is 2.50. The van der Waals surface area contributed by atoms with Crippen LogP contribution in [-0.4, -0.2) is 36.6 Å². The summed E-state index contributed by atoms with van der Waals surface area (Å²) in [5, 5.41) is 3.85. The molecule has 0 amide bonds. The number of hydrogen-bond donors (Lipinski definition) is 1. The summed E-state index contributed by atoms with van der Waals surface area (Å²) in [6.45, 7) is 17.8. The van der Waals surface area contributed by atoms with E-state index in [1.54, 1.807) is 0 Å². The molecule has 1 N–H and O–H groups in total. The van der Waals surface area contributed by atoms with E-state index >= 15 is 0 Å². The molecule has 1 fully saturated rings. The lowest BCUT2D eigenvalue weighted by Crippen LogP contribution is -2.57. The molecule has 2 nitrogen and oxygen atoms in total. The zero-order valence-electron chi connectivity index (χ0n) is 14.8. The highest BCUT2D eigenvalue weighted by molar-refractivity contribution is 4.94. The molecule has 0 aromatic heterocycles. The first-order valence-electron chi connectivity index (χ1n) is 9.00. The summed E-state index contributed by atoms with van der Waals surface area (Å²) >= 11 is 0. The molecule has 1 aliphatic rings. The average Bonchev–Trinajstić information content (AvgIpc) is 2.42. The Morgan fingerprint density at radius 3 is 2.40 bits per heavy atom. The van der Waals surface area contributed by atoms with E-state index in [4.69, 9.17) is 0 Å². The molecule has 0 aromatic carbocycles. The molecular formula is C18H38N2. The zero-order valence-corrected chi connectivity index (χ0v) is 14.8. The molecule has 0 aliphatic heterocycles. The first kappa shape index (κ1) is 18.0. The third-order valence-corrected chi connectivity index (χ3v) is 5.15. The van der Waals surface area contributed by atoms with E-state index in [1.807, 2.05) is 0 Å². The number of nitrogens with zero attached hydrogens (tertiary/aromatic N) is 1. The van der Waals surface area contributed by atoms with Gasteiger partial charge in [-0.25, -0.2) is 0 Å². The monoisotopic (exact) mass is 282 g/mol. The van der Waals surface area contributed by atoms with Crippen molar-refractivity contribution in [2.75, 3.05) is 19.6 Å². The van der Waals surface area contributed by atoms with E-state index in [2.05, 4.69) is 51.8 Å². The van der Waals surface area contributed by atoms with Crippen molar-refractivity contribution >= 4 is 0 Å². The molecule has 20 heavy (non-hydrogen) atoms. The average molecular weight is 283 g/mol. The van der Waals surface area contributed by atoms with Gasteiger partial charge in [0, 0.05) is 18.6 Å². The van der Waals surface area contributed by atoms with Crippen molar-refractivity contribution in [3.63, 3.8) is 0 Å². The van der Waals surface area contributed by atoms with Gasteiger partial charge < -0.3 is 5.32 Å². The molecular weight excluding hydrogens is 244 g/mol. The van der Waals surface area contributed by atoms with Crippen LogP contribution >= 0.6 is 0 Å². The largest absolute Gasteiger partial charge is 0.312 e. The van der Waals surface area contributed by atoms with Crippen molar-refractivity contribution < 1.29 is 0 Å². The second-order valence-electron chi connectivity index (χ2n) is 7.21. The van der Waals surface area contributed by atoms with Crippen LogP contribution in [0.25, 0.3) is 0 Å². The Bertz CT molecular complexity index is 252. The maximum Gasteiger partial charge on any atom is 0.0275 e. The minimum Gasteiger partial charge on any atom is -0.312 e. The van der Waals surface area contributed by atoms with Crippen molar-refractivity contribution in [1.82, 2.24) is 10.2 Å². The molecule has 120 valence electrons. The SMILES string of the molecule is CCCNC1CC(C)CC(C)C1N(CC)CC(C)CC. The Hall–Kier alpha value is -0.0800. The van der Waals surface area contributed by atoms with Gasteiger partial charge >= 0.3 is 0 Å². The lowest BCUT2D eigenvalue weighted by molar-refractivity contribution is 0.0548. The lowest BCUT2D eigenvalue weighted by Gasteiger charge is -2.46. The molecule has 0 saturated heterocycles. The van der Waals surface area contributed by atoms with Crippen LogP contribution in [0.1, 0.15) is 67.2 Å². The lowest BCUT2D eigenvalue weighted by atomic mass is 9.75. The van der Waals surface area contributed by atoms with Crippen LogP contribution in [0.4, 0.5) is 0 Å². The fraction of sp³-hybridized carbons (Fsp3) is 1.00. The second kappa shape index (κ2) is 9.04. The predicted molar refractivity (Wildman–Crippen MR) is 90.1 cm³/mol. The number of likely N-dealkylation sites (N-methyl/N-ethyl adjacent to an activating group) is 1. The molecule has 5 unspecified atom stereocenters. The van der Waals surface area contributed by atoms with Gasteiger partial charge in [0.1, 0.15) is 0 Å². The number of nitrogens with one attached hydrogen (secondary N) is 1. The second-order valence-corrected chi connectivity index (χ2v) is 7.21. The smallest absolute Gasteiger partial charge is 0.0275 e. The minimum absolute atomic E-state index is 0.692. The van der Waals surface area contributed by atoms with Gasteiger partial charge in [-0.05, 0) is 50.1 Å². The van der Waals surface area contributed by atoms with Crippen LogP contribution in [0.2, 0.25) is 0 Å². The summed E-state index contributed by atoms with van der Waals surface area (Å²) in [5.41, 5.74) is 0. The van der Waals surface area contributed by atoms with Crippen LogP contribution in [0, 0.1) is 17.8 Å². The molecule has 5 atom stereocenters. The van der Waals surface area contributed by atoms with Gasteiger partial charge in [0.15, 0.2) is 0 Å². The molecule has 1 aliphatic carbocycles. The van der Waals surface area contributed by atoms with Gasteiger partial charge in [-0.1, -0.05) is 48.0 Å². The van der Waals surface area contributed by atoms with E-state index in [1.165, 1.54) is 45.3 Å². The van der Waals surface area contributed by atoms with Crippen LogP contribution in [0.3, 0.4) is 0 Å². The van der Waals surface area contributed by atoms with Gasteiger partial charge in [0.25, 0.3) is 0 Å². The van der Waals surface area contributed by atoms with Crippen LogP contribution in [0.15, 0.2) is 0 Å². The molecule has 1 saturated carbocycles. The highest BCUT2D eigenvalue weighted by atomic mass is 15.2. The van der Waals surface area contributed by atoms with Crippen molar-refractivity contribution in [2.24, 2.45) is 17.8 Å². The topological polar surface area (TPSA) is 15.3 Å². The van der Waals surface area contributed by atoms with E-state index < -0.39 is 0 Å². The summed E-state index contributed by atoms with van der Waals surface area (Å²) < 4.78 is 0. The van der Waals surface area contributed by atoms with Crippen molar-refractivity contribution in [2.45, 2.75) is 79.3 Å². The first-order valence-corrected chi connectivity index (χ1v) is 9.00. The molecule has 2 heteroatoms. The van der Waals surface area contributed by atoms with E-state index in [9.17, 15) is 0 Å². The van der Waals surface area contributed by atoms with Crippen LogP contribution in [0.5, 0.6) is 0 Å². The Morgan fingerprint density at radius 2 is 1.85 bits per heavy atom. The molecule has 0 bridgehead atoms. The summed E-state index contributed by atoms with van der Waals surface area (Å²) in [4.78, 5) is 2.76. The quantitative estimate of drug-likeness (QED) is 0.719.